The minimum absolute atomic E-state index is 0.116. The molecular formula is C18H34O9. The van der Waals surface area contributed by atoms with Gasteiger partial charge in [0, 0.05) is 13.0 Å². The number of hydrogen-bond donors (Lipinski definition) is 5. The summed E-state index contributed by atoms with van der Waals surface area (Å²) in [6.07, 6.45) is -5.18. The van der Waals surface area contributed by atoms with Gasteiger partial charge in [-0.25, -0.2) is 0 Å². The van der Waals surface area contributed by atoms with E-state index in [4.69, 9.17) is 18.9 Å². The summed E-state index contributed by atoms with van der Waals surface area (Å²) in [5.74, 6) is 0. The fourth-order valence-electron chi connectivity index (χ4n) is 3.31. The van der Waals surface area contributed by atoms with Gasteiger partial charge in [0.2, 0.25) is 0 Å². The molecular weight excluding hydrogens is 360 g/mol. The fraction of sp³-hybridized carbons (Fsp3) is 1.00. The van der Waals surface area contributed by atoms with E-state index in [0.29, 0.717) is 6.61 Å². The van der Waals surface area contributed by atoms with Crippen LogP contribution in [0, 0.1) is 0 Å². The molecule has 0 saturated carbocycles. The molecule has 160 valence electrons. The van der Waals surface area contributed by atoms with Gasteiger partial charge in [-0.3, -0.25) is 0 Å². The van der Waals surface area contributed by atoms with Crippen molar-refractivity contribution in [2.45, 2.75) is 101 Å². The predicted molar refractivity (Wildman–Crippen MR) is 93.7 cm³/mol. The minimum Gasteiger partial charge on any atom is -0.394 e. The fourth-order valence-corrected chi connectivity index (χ4v) is 3.31. The van der Waals surface area contributed by atoms with Gasteiger partial charge in [-0.05, 0) is 13.3 Å². The first-order chi connectivity index (χ1) is 12.9. The molecule has 0 radical (unpaired) electrons. The smallest absolute Gasteiger partial charge is 0.187 e. The van der Waals surface area contributed by atoms with Crippen molar-refractivity contribution >= 4 is 0 Å². The standard InChI is InChI=1S/C18H34O9/c1-3-4-5-6-7-24-17-12(8-11(20)13(9-19)27-17)26-18-16(23)15(22)14(21)10(2)25-18/h10-23H,3-9H2,1-2H3/t10-,11+,12+,13+,14+,15+,16-,17+,18-/m0/s1. The molecule has 0 spiro atoms. The molecule has 0 aliphatic carbocycles. The summed E-state index contributed by atoms with van der Waals surface area (Å²) >= 11 is 0. The number of aliphatic hydroxyl groups excluding tert-OH is 5. The van der Waals surface area contributed by atoms with Gasteiger partial charge in [0.15, 0.2) is 12.6 Å². The maximum absolute atomic E-state index is 10.1. The van der Waals surface area contributed by atoms with Crippen LogP contribution in [0.5, 0.6) is 0 Å². The van der Waals surface area contributed by atoms with Crippen LogP contribution in [0.25, 0.3) is 0 Å². The second kappa shape index (κ2) is 11.0. The maximum Gasteiger partial charge on any atom is 0.187 e. The molecule has 2 rings (SSSR count). The molecule has 0 aromatic carbocycles. The lowest BCUT2D eigenvalue weighted by molar-refractivity contribution is -0.347. The molecule has 9 nitrogen and oxygen atoms in total. The Kier molecular flexibility index (Phi) is 9.33. The number of unbranched alkanes of at least 4 members (excludes halogenated alkanes) is 3. The van der Waals surface area contributed by atoms with Crippen molar-refractivity contribution in [3.8, 4) is 0 Å². The number of ether oxygens (including phenoxy) is 4. The van der Waals surface area contributed by atoms with E-state index in [1.807, 2.05) is 0 Å². The molecule has 2 aliphatic heterocycles. The molecule has 2 aliphatic rings. The molecule has 9 heteroatoms. The van der Waals surface area contributed by atoms with Crippen molar-refractivity contribution in [3.05, 3.63) is 0 Å². The van der Waals surface area contributed by atoms with E-state index in [2.05, 4.69) is 6.92 Å². The minimum atomic E-state index is -1.45. The summed E-state index contributed by atoms with van der Waals surface area (Å²) in [5, 5.41) is 49.3. The lowest BCUT2D eigenvalue weighted by atomic mass is 9.99. The van der Waals surface area contributed by atoms with Gasteiger partial charge in [0.25, 0.3) is 0 Å². The Morgan fingerprint density at radius 2 is 1.67 bits per heavy atom. The summed E-state index contributed by atoms with van der Waals surface area (Å²) in [6, 6.07) is 0. The van der Waals surface area contributed by atoms with Crippen molar-refractivity contribution in [3.63, 3.8) is 0 Å². The van der Waals surface area contributed by atoms with Crippen molar-refractivity contribution in [2.75, 3.05) is 13.2 Å². The Morgan fingerprint density at radius 3 is 2.33 bits per heavy atom. The molecule has 5 N–H and O–H groups in total. The number of aliphatic hydroxyl groups is 5. The first kappa shape index (κ1) is 22.9. The van der Waals surface area contributed by atoms with E-state index in [-0.39, 0.29) is 13.0 Å². The van der Waals surface area contributed by atoms with E-state index in [1.165, 1.54) is 0 Å². The third-order valence-corrected chi connectivity index (χ3v) is 5.09. The molecule has 2 saturated heterocycles. The van der Waals surface area contributed by atoms with Crippen LogP contribution in [0.1, 0.15) is 46.0 Å². The Labute approximate surface area is 159 Å². The quantitative estimate of drug-likeness (QED) is 0.320. The summed E-state index contributed by atoms with van der Waals surface area (Å²) in [6.45, 7) is 3.76. The van der Waals surface area contributed by atoms with Gasteiger partial charge < -0.3 is 44.5 Å². The van der Waals surface area contributed by atoms with Crippen LogP contribution in [-0.4, -0.2) is 94.1 Å². The van der Waals surface area contributed by atoms with E-state index in [0.717, 1.165) is 25.7 Å². The van der Waals surface area contributed by atoms with Gasteiger partial charge >= 0.3 is 0 Å². The van der Waals surface area contributed by atoms with Crippen LogP contribution >= 0.6 is 0 Å². The molecule has 0 aromatic rings. The first-order valence-electron chi connectivity index (χ1n) is 9.80. The highest BCUT2D eigenvalue weighted by Crippen LogP contribution is 2.29. The second-order valence-corrected chi connectivity index (χ2v) is 7.32. The Bertz CT molecular complexity index is 424. The SMILES string of the molecule is CCCCCCO[C@@H]1O[C@H](CO)[C@H](O)C[C@H]1O[C@@H]1O[C@@H](C)[C@@H](O)[C@@H](O)[C@@H]1O. The highest BCUT2D eigenvalue weighted by molar-refractivity contribution is 4.89. The molecule has 0 amide bonds. The van der Waals surface area contributed by atoms with Crippen LogP contribution in [-0.2, 0) is 18.9 Å². The average Bonchev–Trinajstić information content (AvgIpc) is 2.65. The second-order valence-electron chi connectivity index (χ2n) is 7.32. The third-order valence-electron chi connectivity index (χ3n) is 5.09. The van der Waals surface area contributed by atoms with Gasteiger partial charge in [-0.2, -0.15) is 0 Å². The van der Waals surface area contributed by atoms with Crippen LogP contribution in [0.15, 0.2) is 0 Å². The third kappa shape index (κ3) is 6.06. The maximum atomic E-state index is 10.1. The summed E-state index contributed by atoms with van der Waals surface area (Å²) in [7, 11) is 0. The highest BCUT2D eigenvalue weighted by Gasteiger charge is 2.46. The highest BCUT2D eigenvalue weighted by atomic mass is 16.7. The summed E-state index contributed by atoms with van der Waals surface area (Å²) in [5.41, 5.74) is 0. The number of rotatable bonds is 9. The van der Waals surface area contributed by atoms with Gasteiger partial charge in [0.1, 0.15) is 30.5 Å². The molecule has 2 heterocycles. The molecule has 9 atom stereocenters. The van der Waals surface area contributed by atoms with Gasteiger partial charge in [0.05, 0.1) is 18.8 Å². The van der Waals surface area contributed by atoms with Gasteiger partial charge in [-0.1, -0.05) is 26.2 Å². The topological polar surface area (TPSA) is 138 Å². The molecule has 0 unspecified atom stereocenters. The monoisotopic (exact) mass is 394 g/mol. The van der Waals surface area contributed by atoms with Crippen LogP contribution < -0.4 is 0 Å². The van der Waals surface area contributed by atoms with Crippen molar-refractivity contribution < 1.29 is 44.5 Å². The predicted octanol–water partition coefficient (Wildman–Crippen LogP) is -0.736. The summed E-state index contributed by atoms with van der Waals surface area (Å²) < 4.78 is 22.6. The van der Waals surface area contributed by atoms with Crippen molar-refractivity contribution in [2.24, 2.45) is 0 Å². The molecule has 0 bridgehead atoms. The lowest BCUT2D eigenvalue weighted by Gasteiger charge is -2.43. The zero-order valence-electron chi connectivity index (χ0n) is 16.0. The van der Waals surface area contributed by atoms with Crippen molar-refractivity contribution in [1.29, 1.82) is 0 Å². The van der Waals surface area contributed by atoms with E-state index >= 15 is 0 Å². The molecule has 27 heavy (non-hydrogen) atoms. The normalized spacial score (nSPS) is 43.0. The largest absolute Gasteiger partial charge is 0.394 e. The Balaban J connectivity index is 1.97. The van der Waals surface area contributed by atoms with Gasteiger partial charge in [-0.15, -0.1) is 0 Å². The molecule has 2 fully saturated rings. The van der Waals surface area contributed by atoms with E-state index < -0.39 is 55.3 Å². The zero-order valence-corrected chi connectivity index (χ0v) is 16.0. The van der Waals surface area contributed by atoms with E-state index in [9.17, 15) is 25.5 Å². The number of hydrogen-bond acceptors (Lipinski definition) is 9. The summed E-state index contributed by atoms with van der Waals surface area (Å²) in [4.78, 5) is 0. The zero-order chi connectivity index (χ0) is 20.0. The van der Waals surface area contributed by atoms with E-state index in [1.54, 1.807) is 6.92 Å². The Morgan fingerprint density at radius 1 is 0.926 bits per heavy atom. The average molecular weight is 394 g/mol. The first-order valence-corrected chi connectivity index (χ1v) is 9.80. The van der Waals surface area contributed by atoms with Crippen LogP contribution in [0.3, 0.4) is 0 Å². The molecule has 0 aromatic heterocycles. The van der Waals surface area contributed by atoms with Crippen LogP contribution in [0.4, 0.5) is 0 Å². The lowest BCUT2D eigenvalue weighted by Crippen LogP contribution is -2.60. The Hall–Kier alpha value is -0.360. The van der Waals surface area contributed by atoms with Crippen molar-refractivity contribution in [1.82, 2.24) is 0 Å². The van der Waals surface area contributed by atoms with Crippen LogP contribution in [0.2, 0.25) is 0 Å².